The van der Waals surface area contributed by atoms with Gasteiger partial charge in [-0.1, -0.05) is 18.6 Å². The molecule has 6 nitrogen and oxygen atoms in total. The van der Waals surface area contributed by atoms with Gasteiger partial charge in [-0.25, -0.2) is 0 Å². The molecule has 0 aromatic heterocycles. The van der Waals surface area contributed by atoms with Gasteiger partial charge in [0.15, 0.2) is 11.5 Å². The van der Waals surface area contributed by atoms with Gasteiger partial charge in [0.05, 0.1) is 14.2 Å². The van der Waals surface area contributed by atoms with Gasteiger partial charge in [0, 0.05) is 43.0 Å². The standard InChI is InChI=1S/C26H31NO5/c1-29-24-15-21-22-14-20(13-18-5-3-4-12-27(18)22)32-26(28)11-8-17-6-9-19(10-7-17)31-23(21)16-25(24)30-2/h6-7,9-10,15-16,18,20,22H,3-5,8,11-14H2,1-2H3. The van der Waals surface area contributed by atoms with Crippen LogP contribution >= 0.6 is 0 Å². The van der Waals surface area contributed by atoms with E-state index in [1.807, 2.05) is 36.4 Å². The van der Waals surface area contributed by atoms with E-state index in [-0.39, 0.29) is 18.1 Å². The highest BCUT2D eigenvalue weighted by Gasteiger charge is 2.40. The van der Waals surface area contributed by atoms with Crippen molar-refractivity contribution in [3.8, 4) is 23.0 Å². The first-order chi connectivity index (χ1) is 15.6. The molecule has 32 heavy (non-hydrogen) atoms. The Morgan fingerprint density at radius 2 is 1.75 bits per heavy atom. The van der Waals surface area contributed by atoms with Crippen molar-refractivity contribution in [2.24, 2.45) is 0 Å². The lowest BCUT2D eigenvalue weighted by atomic mass is 9.84. The Balaban J connectivity index is 1.63. The van der Waals surface area contributed by atoms with Crippen LogP contribution in [0.15, 0.2) is 36.4 Å². The summed E-state index contributed by atoms with van der Waals surface area (Å²) in [6.45, 7) is 1.04. The number of hydrogen-bond acceptors (Lipinski definition) is 6. The van der Waals surface area contributed by atoms with Crippen LogP contribution in [0.1, 0.15) is 55.7 Å². The summed E-state index contributed by atoms with van der Waals surface area (Å²) in [5.41, 5.74) is 2.15. The van der Waals surface area contributed by atoms with Crippen LogP contribution < -0.4 is 14.2 Å². The van der Waals surface area contributed by atoms with Gasteiger partial charge in [0.25, 0.3) is 0 Å². The fourth-order valence-electron chi connectivity index (χ4n) is 5.44. The van der Waals surface area contributed by atoms with Crippen molar-refractivity contribution in [1.82, 2.24) is 4.90 Å². The summed E-state index contributed by atoms with van der Waals surface area (Å²) >= 11 is 0. The largest absolute Gasteiger partial charge is 0.493 e. The normalized spacial score (nSPS) is 25.6. The highest BCUT2D eigenvalue weighted by molar-refractivity contribution is 5.70. The molecule has 0 saturated carbocycles. The average molecular weight is 438 g/mol. The van der Waals surface area contributed by atoms with Gasteiger partial charge in [-0.15, -0.1) is 0 Å². The van der Waals surface area contributed by atoms with Crippen molar-refractivity contribution in [2.45, 2.75) is 63.1 Å². The van der Waals surface area contributed by atoms with E-state index in [1.54, 1.807) is 14.2 Å². The number of esters is 1. The summed E-state index contributed by atoms with van der Waals surface area (Å²) in [4.78, 5) is 15.2. The Labute approximate surface area is 189 Å². The third-order valence-corrected chi connectivity index (χ3v) is 7.04. The van der Waals surface area contributed by atoms with Crippen molar-refractivity contribution in [3.05, 3.63) is 47.5 Å². The van der Waals surface area contributed by atoms with Crippen molar-refractivity contribution in [1.29, 1.82) is 0 Å². The number of piperidine rings is 2. The number of benzene rings is 2. The van der Waals surface area contributed by atoms with Gasteiger partial charge in [0.1, 0.15) is 17.6 Å². The predicted molar refractivity (Wildman–Crippen MR) is 121 cm³/mol. The highest BCUT2D eigenvalue weighted by atomic mass is 16.5. The van der Waals surface area contributed by atoms with E-state index in [0.29, 0.717) is 30.4 Å². The second-order valence-electron chi connectivity index (χ2n) is 8.98. The molecule has 4 aliphatic rings. The molecule has 4 bridgehead atoms. The summed E-state index contributed by atoms with van der Waals surface area (Å²) in [5.74, 6) is 2.73. The van der Waals surface area contributed by atoms with Gasteiger partial charge in [0.2, 0.25) is 0 Å². The lowest BCUT2D eigenvalue weighted by Gasteiger charge is -2.47. The third kappa shape index (κ3) is 4.16. The Hall–Kier alpha value is -2.73. The fourth-order valence-corrected chi connectivity index (χ4v) is 5.44. The first-order valence-electron chi connectivity index (χ1n) is 11.6. The number of hydrogen-bond donors (Lipinski definition) is 0. The molecule has 3 unspecified atom stereocenters. The molecule has 6 heteroatoms. The second-order valence-corrected chi connectivity index (χ2v) is 8.98. The van der Waals surface area contributed by atoms with Crippen LogP contribution in [-0.2, 0) is 16.0 Å². The second kappa shape index (κ2) is 9.02. The molecule has 4 heterocycles. The molecule has 4 aliphatic heterocycles. The summed E-state index contributed by atoms with van der Waals surface area (Å²) in [6, 6.07) is 12.4. The zero-order chi connectivity index (χ0) is 22.1. The quantitative estimate of drug-likeness (QED) is 0.614. The summed E-state index contributed by atoms with van der Waals surface area (Å²) in [7, 11) is 3.29. The van der Waals surface area contributed by atoms with E-state index in [1.165, 1.54) is 12.8 Å². The van der Waals surface area contributed by atoms with Crippen molar-refractivity contribution < 1.29 is 23.7 Å². The Morgan fingerprint density at radius 3 is 2.53 bits per heavy atom. The average Bonchev–Trinajstić information content (AvgIpc) is 2.82. The number of aryl methyl sites for hydroxylation is 1. The topological polar surface area (TPSA) is 57.2 Å². The van der Waals surface area contributed by atoms with Gasteiger partial charge < -0.3 is 18.9 Å². The number of fused-ring (bicyclic) bond motifs is 6. The van der Waals surface area contributed by atoms with Crippen molar-refractivity contribution in [3.63, 3.8) is 0 Å². The molecule has 0 radical (unpaired) electrons. The summed E-state index contributed by atoms with van der Waals surface area (Å²) < 4.78 is 23.6. The van der Waals surface area contributed by atoms with Gasteiger partial charge in [-0.3, -0.25) is 9.69 Å². The first kappa shape index (κ1) is 21.1. The summed E-state index contributed by atoms with van der Waals surface area (Å²) in [5, 5.41) is 0. The van der Waals surface area contributed by atoms with E-state index in [2.05, 4.69) is 4.90 Å². The molecule has 0 spiro atoms. The number of carbonyl (C=O) groups excluding carboxylic acids is 1. The maximum Gasteiger partial charge on any atom is 0.306 e. The van der Waals surface area contributed by atoms with E-state index < -0.39 is 0 Å². The van der Waals surface area contributed by atoms with Crippen LogP contribution in [0.25, 0.3) is 0 Å². The van der Waals surface area contributed by atoms with E-state index in [4.69, 9.17) is 18.9 Å². The van der Waals surface area contributed by atoms with E-state index in [0.717, 1.165) is 48.4 Å². The Morgan fingerprint density at radius 1 is 0.969 bits per heavy atom. The maximum atomic E-state index is 12.7. The van der Waals surface area contributed by atoms with E-state index in [9.17, 15) is 4.79 Å². The molecular formula is C26H31NO5. The number of rotatable bonds is 2. The lowest BCUT2D eigenvalue weighted by Crippen LogP contribution is -2.49. The minimum Gasteiger partial charge on any atom is -0.493 e. The van der Waals surface area contributed by atoms with Gasteiger partial charge in [-0.05, 0) is 49.6 Å². The monoisotopic (exact) mass is 437 g/mol. The van der Waals surface area contributed by atoms with Crippen LogP contribution in [-0.4, -0.2) is 43.8 Å². The van der Waals surface area contributed by atoms with Gasteiger partial charge in [-0.2, -0.15) is 0 Å². The molecule has 170 valence electrons. The highest BCUT2D eigenvalue weighted by Crippen LogP contribution is 2.47. The minimum atomic E-state index is -0.108. The SMILES string of the molecule is COc1cc2c(cc1OC)C1CC(CC3CCCCN31)OC(=O)CCc1ccc(cc1)O2. The number of carbonyl (C=O) groups is 1. The zero-order valence-corrected chi connectivity index (χ0v) is 18.8. The minimum absolute atomic E-state index is 0.0864. The molecule has 6 rings (SSSR count). The van der Waals surface area contributed by atoms with E-state index >= 15 is 0 Å². The lowest BCUT2D eigenvalue weighted by molar-refractivity contribution is -0.154. The van der Waals surface area contributed by atoms with Gasteiger partial charge >= 0.3 is 5.97 Å². The van der Waals surface area contributed by atoms with Crippen LogP contribution in [0.4, 0.5) is 0 Å². The molecule has 0 N–H and O–H groups in total. The zero-order valence-electron chi connectivity index (χ0n) is 18.8. The van der Waals surface area contributed by atoms with Crippen LogP contribution in [0, 0.1) is 0 Å². The smallest absolute Gasteiger partial charge is 0.306 e. The first-order valence-corrected chi connectivity index (χ1v) is 11.6. The Bertz CT molecular complexity index is 973. The predicted octanol–water partition coefficient (Wildman–Crippen LogP) is 5.04. The fraction of sp³-hybridized carbons (Fsp3) is 0.500. The molecule has 0 amide bonds. The molecular weight excluding hydrogens is 406 g/mol. The van der Waals surface area contributed by atoms with Crippen LogP contribution in [0.3, 0.4) is 0 Å². The number of ether oxygens (including phenoxy) is 4. The number of nitrogens with zero attached hydrogens (tertiary/aromatic N) is 1. The third-order valence-electron chi connectivity index (χ3n) is 7.04. The van der Waals surface area contributed by atoms with Crippen LogP contribution in [0.5, 0.6) is 23.0 Å². The molecule has 2 aromatic rings. The molecule has 2 fully saturated rings. The molecule has 3 atom stereocenters. The molecule has 0 aliphatic carbocycles. The van der Waals surface area contributed by atoms with Crippen molar-refractivity contribution >= 4 is 5.97 Å². The Kier molecular flexibility index (Phi) is 5.96. The number of methoxy groups -OCH3 is 2. The van der Waals surface area contributed by atoms with Crippen LogP contribution in [0.2, 0.25) is 0 Å². The maximum absolute atomic E-state index is 12.7. The molecule has 2 saturated heterocycles. The molecule has 2 aromatic carbocycles. The summed E-state index contributed by atoms with van der Waals surface area (Å²) in [6.07, 6.45) is 6.18. The van der Waals surface area contributed by atoms with Crippen molar-refractivity contribution in [2.75, 3.05) is 20.8 Å².